The van der Waals surface area contributed by atoms with Crippen LogP contribution in [0.25, 0.3) is 0 Å². The standard InChI is InChI=1S/C16H21NO3/c1-17-12-6-11-16(17,15(19)20)14(18)10-5-9-13-7-3-2-4-8-13/h2-4,7-8H,5-6,9-12H2,1H3,(H,19,20)/t16-/m1/s1. The minimum Gasteiger partial charge on any atom is -0.480 e. The number of rotatable bonds is 6. The summed E-state index contributed by atoms with van der Waals surface area (Å²) in [5.41, 5.74) is -0.0964. The van der Waals surface area contributed by atoms with Gasteiger partial charge in [0.05, 0.1) is 0 Å². The van der Waals surface area contributed by atoms with Crippen LogP contribution in [0.4, 0.5) is 0 Å². The number of Topliss-reactive ketones (excluding diaryl/α,β-unsaturated/α-hetero) is 1. The summed E-state index contributed by atoms with van der Waals surface area (Å²) in [5.74, 6) is -1.15. The second-order valence-electron chi connectivity index (χ2n) is 5.45. The molecule has 1 atom stereocenters. The molecule has 1 aromatic rings. The fourth-order valence-electron chi connectivity index (χ4n) is 3.00. The summed E-state index contributed by atoms with van der Waals surface area (Å²) in [6.07, 6.45) is 3.04. The molecular formula is C16H21NO3. The number of nitrogens with zero attached hydrogens (tertiary/aromatic N) is 1. The van der Waals surface area contributed by atoms with E-state index in [0.717, 1.165) is 12.8 Å². The van der Waals surface area contributed by atoms with Gasteiger partial charge in [0.25, 0.3) is 0 Å². The van der Waals surface area contributed by atoms with Crippen molar-refractivity contribution in [3.8, 4) is 0 Å². The Labute approximate surface area is 119 Å². The number of carbonyl (C=O) groups is 2. The van der Waals surface area contributed by atoms with Gasteiger partial charge in [0.2, 0.25) is 0 Å². The SMILES string of the molecule is CN1CCC[C@]1(C(=O)O)C(=O)CCCc1ccccc1. The van der Waals surface area contributed by atoms with Gasteiger partial charge in [-0.3, -0.25) is 9.69 Å². The van der Waals surface area contributed by atoms with Crippen LogP contribution in [0, 0.1) is 0 Å². The number of carboxylic acid groups (broad SMARTS) is 1. The summed E-state index contributed by atoms with van der Waals surface area (Å²) < 4.78 is 0. The Kier molecular flexibility index (Phi) is 4.55. The Bertz CT molecular complexity index is 486. The molecule has 0 saturated carbocycles. The lowest BCUT2D eigenvalue weighted by Crippen LogP contribution is -2.54. The molecule has 108 valence electrons. The maximum Gasteiger partial charge on any atom is 0.331 e. The first kappa shape index (κ1) is 14.7. The van der Waals surface area contributed by atoms with E-state index in [1.54, 1.807) is 11.9 Å². The van der Waals surface area contributed by atoms with E-state index in [1.165, 1.54) is 5.56 Å². The first-order chi connectivity index (χ1) is 9.57. The number of likely N-dealkylation sites (N-methyl/N-ethyl adjacent to an activating group) is 1. The summed E-state index contributed by atoms with van der Waals surface area (Å²) in [4.78, 5) is 25.6. The van der Waals surface area contributed by atoms with Crippen LogP contribution in [0.2, 0.25) is 0 Å². The predicted molar refractivity (Wildman–Crippen MR) is 76.6 cm³/mol. The highest BCUT2D eigenvalue weighted by molar-refractivity contribution is 6.08. The van der Waals surface area contributed by atoms with Gasteiger partial charge in [0.15, 0.2) is 11.3 Å². The van der Waals surface area contributed by atoms with Crippen molar-refractivity contribution >= 4 is 11.8 Å². The summed E-state index contributed by atoms with van der Waals surface area (Å²) in [5, 5.41) is 9.46. The minimum absolute atomic E-state index is 0.152. The molecule has 0 radical (unpaired) electrons. The fourth-order valence-corrected chi connectivity index (χ4v) is 3.00. The molecular weight excluding hydrogens is 254 g/mol. The van der Waals surface area contributed by atoms with Crippen molar-refractivity contribution < 1.29 is 14.7 Å². The van der Waals surface area contributed by atoms with Crippen molar-refractivity contribution in [2.24, 2.45) is 0 Å². The molecule has 1 heterocycles. The Morgan fingerprint density at radius 2 is 2.00 bits per heavy atom. The number of ketones is 1. The third kappa shape index (κ3) is 2.75. The second-order valence-corrected chi connectivity index (χ2v) is 5.45. The van der Waals surface area contributed by atoms with E-state index in [-0.39, 0.29) is 5.78 Å². The lowest BCUT2D eigenvalue weighted by Gasteiger charge is -2.30. The number of hydrogen-bond donors (Lipinski definition) is 1. The fraction of sp³-hybridized carbons (Fsp3) is 0.500. The number of aliphatic carboxylic acids is 1. The molecule has 1 aliphatic rings. The molecule has 20 heavy (non-hydrogen) atoms. The summed E-state index contributed by atoms with van der Waals surface area (Å²) >= 11 is 0. The van der Waals surface area contributed by atoms with Crippen LogP contribution in [0.1, 0.15) is 31.2 Å². The highest BCUT2D eigenvalue weighted by atomic mass is 16.4. The van der Waals surface area contributed by atoms with Gasteiger partial charge in [-0.15, -0.1) is 0 Å². The van der Waals surface area contributed by atoms with Crippen LogP contribution >= 0.6 is 0 Å². The van der Waals surface area contributed by atoms with E-state index < -0.39 is 11.5 Å². The van der Waals surface area contributed by atoms with Crippen molar-refractivity contribution in [3.63, 3.8) is 0 Å². The number of likely N-dealkylation sites (tertiary alicyclic amines) is 1. The normalized spacial score (nSPS) is 22.9. The molecule has 1 fully saturated rings. The van der Waals surface area contributed by atoms with Gasteiger partial charge in [-0.25, -0.2) is 4.79 Å². The molecule has 0 spiro atoms. The summed E-state index contributed by atoms with van der Waals surface area (Å²) in [7, 11) is 1.73. The molecule has 0 aromatic heterocycles. The zero-order valence-corrected chi connectivity index (χ0v) is 11.8. The lowest BCUT2D eigenvalue weighted by molar-refractivity contribution is -0.155. The molecule has 0 bridgehead atoms. The Morgan fingerprint density at radius 1 is 1.30 bits per heavy atom. The van der Waals surface area contributed by atoms with E-state index in [2.05, 4.69) is 0 Å². The molecule has 0 unspecified atom stereocenters. The minimum atomic E-state index is -1.28. The first-order valence-corrected chi connectivity index (χ1v) is 7.09. The monoisotopic (exact) mass is 275 g/mol. The summed E-state index contributed by atoms with van der Waals surface area (Å²) in [6.45, 7) is 0.677. The van der Waals surface area contributed by atoms with Crippen LogP contribution in [0.3, 0.4) is 0 Å². The zero-order valence-electron chi connectivity index (χ0n) is 11.8. The maximum absolute atomic E-state index is 12.4. The number of benzene rings is 1. The van der Waals surface area contributed by atoms with Crippen LogP contribution < -0.4 is 0 Å². The van der Waals surface area contributed by atoms with Crippen LogP contribution in [0.5, 0.6) is 0 Å². The van der Waals surface area contributed by atoms with Crippen LogP contribution in [0.15, 0.2) is 30.3 Å². The largest absolute Gasteiger partial charge is 0.480 e. The summed E-state index contributed by atoms with van der Waals surface area (Å²) in [6, 6.07) is 9.96. The Hall–Kier alpha value is -1.68. The Morgan fingerprint density at radius 3 is 2.55 bits per heavy atom. The van der Waals surface area contributed by atoms with Crippen molar-refractivity contribution in [1.82, 2.24) is 4.90 Å². The zero-order chi connectivity index (χ0) is 14.6. The van der Waals surface area contributed by atoms with Gasteiger partial charge in [-0.05, 0) is 44.8 Å². The van der Waals surface area contributed by atoms with Crippen LogP contribution in [-0.2, 0) is 16.0 Å². The third-order valence-corrected chi connectivity index (χ3v) is 4.21. The maximum atomic E-state index is 12.4. The number of hydrogen-bond acceptors (Lipinski definition) is 3. The predicted octanol–water partition coefficient (Wildman–Crippen LogP) is 2.13. The van der Waals surface area contributed by atoms with Gasteiger partial charge >= 0.3 is 5.97 Å². The van der Waals surface area contributed by atoms with E-state index in [9.17, 15) is 14.7 Å². The lowest BCUT2D eigenvalue weighted by atomic mass is 9.88. The van der Waals surface area contributed by atoms with Gasteiger partial charge < -0.3 is 5.11 Å². The molecule has 2 rings (SSSR count). The highest BCUT2D eigenvalue weighted by Crippen LogP contribution is 2.30. The van der Waals surface area contributed by atoms with E-state index in [1.807, 2.05) is 30.3 Å². The van der Waals surface area contributed by atoms with Crippen molar-refractivity contribution in [1.29, 1.82) is 0 Å². The molecule has 0 amide bonds. The van der Waals surface area contributed by atoms with E-state index in [4.69, 9.17) is 0 Å². The molecule has 0 aliphatic carbocycles. The molecule has 1 aliphatic heterocycles. The van der Waals surface area contributed by atoms with E-state index >= 15 is 0 Å². The van der Waals surface area contributed by atoms with Gasteiger partial charge in [0.1, 0.15) is 0 Å². The molecule has 4 nitrogen and oxygen atoms in total. The van der Waals surface area contributed by atoms with Crippen LogP contribution in [-0.4, -0.2) is 40.9 Å². The molecule has 1 saturated heterocycles. The third-order valence-electron chi connectivity index (χ3n) is 4.21. The highest BCUT2D eigenvalue weighted by Gasteiger charge is 2.51. The van der Waals surface area contributed by atoms with Crippen molar-refractivity contribution in [2.45, 2.75) is 37.6 Å². The quantitative estimate of drug-likeness (QED) is 0.808. The second kappa shape index (κ2) is 6.18. The van der Waals surface area contributed by atoms with E-state index in [0.29, 0.717) is 25.8 Å². The number of carbonyl (C=O) groups excluding carboxylic acids is 1. The van der Waals surface area contributed by atoms with Gasteiger partial charge in [-0.1, -0.05) is 30.3 Å². The smallest absolute Gasteiger partial charge is 0.331 e. The average molecular weight is 275 g/mol. The van der Waals surface area contributed by atoms with Gasteiger partial charge in [0, 0.05) is 6.42 Å². The van der Waals surface area contributed by atoms with Crippen molar-refractivity contribution in [3.05, 3.63) is 35.9 Å². The molecule has 4 heteroatoms. The molecule has 1 N–H and O–H groups in total. The van der Waals surface area contributed by atoms with Gasteiger partial charge in [-0.2, -0.15) is 0 Å². The first-order valence-electron chi connectivity index (χ1n) is 7.09. The number of carboxylic acids is 1. The Balaban J connectivity index is 1.95. The molecule has 1 aromatic carbocycles. The number of aryl methyl sites for hydroxylation is 1. The average Bonchev–Trinajstić information content (AvgIpc) is 2.83. The van der Waals surface area contributed by atoms with Crippen molar-refractivity contribution in [2.75, 3.05) is 13.6 Å². The topological polar surface area (TPSA) is 57.6 Å².